The molecule has 0 aliphatic carbocycles. The number of aliphatic hydroxyl groups is 1. The Balaban J connectivity index is 1.95. The van der Waals surface area contributed by atoms with Crippen LogP contribution in [0.4, 0.5) is 0 Å². The van der Waals surface area contributed by atoms with Crippen molar-refractivity contribution in [3.8, 4) is 0 Å². The van der Waals surface area contributed by atoms with Gasteiger partial charge in [0.05, 0.1) is 5.60 Å². The van der Waals surface area contributed by atoms with Crippen molar-refractivity contribution in [2.75, 3.05) is 0 Å². The van der Waals surface area contributed by atoms with E-state index in [2.05, 4.69) is 72.9 Å². The zero-order chi connectivity index (χ0) is 16.3. The largest absolute Gasteiger partial charge is 0.389 e. The van der Waals surface area contributed by atoms with Gasteiger partial charge in [0.25, 0.3) is 0 Å². The molecular formula is C21H28NO+. The van der Waals surface area contributed by atoms with Gasteiger partial charge in [-0.2, -0.15) is 0 Å². The van der Waals surface area contributed by atoms with Crippen molar-refractivity contribution in [2.45, 2.75) is 50.8 Å². The molecule has 0 amide bonds. The van der Waals surface area contributed by atoms with Crippen LogP contribution in [0.15, 0.2) is 60.7 Å². The highest BCUT2D eigenvalue weighted by Gasteiger charge is 2.47. The Morgan fingerprint density at radius 1 is 1.00 bits per heavy atom. The molecule has 3 rings (SSSR count). The van der Waals surface area contributed by atoms with Crippen molar-refractivity contribution in [1.29, 1.82) is 0 Å². The van der Waals surface area contributed by atoms with E-state index in [9.17, 15) is 5.11 Å². The second-order valence-electron chi connectivity index (χ2n) is 7.10. The van der Waals surface area contributed by atoms with Crippen molar-refractivity contribution in [3.63, 3.8) is 0 Å². The van der Waals surface area contributed by atoms with Gasteiger partial charge < -0.3 is 10.4 Å². The molecule has 0 spiro atoms. The van der Waals surface area contributed by atoms with E-state index < -0.39 is 5.60 Å². The fourth-order valence-electron chi connectivity index (χ4n) is 4.19. The first kappa shape index (κ1) is 16.2. The summed E-state index contributed by atoms with van der Waals surface area (Å²) >= 11 is 0. The van der Waals surface area contributed by atoms with E-state index in [0.717, 1.165) is 19.3 Å². The van der Waals surface area contributed by atoms with Crippen LogP contribution < -0.4 is 5.32 Å². The Bertz CT molecular complexity index is 608. The van der Waals surface area contributed by atoms with Crippen molar-refractivity contribution in [3.05, 3.63) is 71.8 Å². The molecule has 23 heavy (non-hydrogen) atoms. The molecular weight excluding hydrogens is 282 g/mol. The van der Waals surface area contributed by atoms with Crippen LogP contribution >= 0.6 is 0 Å². The van der Waals surface area contributed by atoms with Crippen LogP contribution in [-0.4, -0.2) is 10.7 Å². The third kappa shape index (κ3) is 3.49. The Labute approximate surface area is 139 Å². The van der Waals surface area contributed by atoms with E-state index in [-0.39, 0.29) is 5.92 Å². The van der Waals surface area contributed by atoms with Crippen molar-refractivity contribution in [1.82, 2.24) is 0 Å². The van der Waals surface area contributed by atoms with Gasteiger partial charge in [-0.15, -0.1) is 0 Å². The number of nitrogens with two attached hydrogens (primary N) is 1. The van der Waals surface area contributed by atoms with Crippen molar-refractivity contribution in [2.24, 2.45) is 5.92 Å². The normalized spacial score (nSPS) is 31.0. The minimum absolute atomic E-state index is 0.287. The highest BCUT2D eigenvalue weighted by atomic mass is 16.3. The summed E-state index contributed by atoms with van der Waals surface area (Å²) in [6.45, 7) is 4.24. The molecule has 0 saturated carbocycles. The van der Waals surface area contributed by atoms with Crippen LogP contribution in [0.1, 0.15) is 56.3 Å². The van der Waals surface area contributed by atoms with Crippen molar-refractivity contribution >= 4 is 0 Å². The van der Waals surface area contributed by atoms with Crippen LogP contribution in [-0.2, 0) is 0 Å². The van der Waals surface area contributed by atoms with E-state index in [1.54, 1.807) is 0 Å². The zero-order valence-corrected chi connectivity index (χ0v) is 14.2. The third-order valence-corrected chi connectivity index (χ3v) is 5.32. The fraction of sp³-hybridized carbons (Fsp3) is 0.429. The van der Waals surface area contributed by atoms with Gasteiger partial charge in [-0.05, 0) is 13.3 Å². The van der Waals surface area contributed by atoms with E-state index in [1.807, 2.05) is 6.92 Å². The zero-order valence-electron chi connectivity index (χ0n) is 14.2. The maximum Gasteiger partial charge on any atom is 0.118 e. The molecule has 0 bridgehead atoms. The number of piperidine rings is 1. The average Bonchev–Trinajstić information content (AvgIpc) is 2.58. The molecule has 122 valence electrons. The second kappa shape index (κ2) is 6.86. The molecule has 0 unspecified atom stereocenters. The van der Waals surface area contributed by atoms with Gasteiger partial charge >= 0.3 is 0 Å². The SMILES string of the molecule is CCC[C@H]1[C@H](c2ccccc2)[NH2+][C@H](c2ccccc2)C[C@@]1(C)O. The monoisotopic (exact) mass is 310 g/mol. The lowest BCUT2D eigenvalue weighted by atomic mass is 9.70. The smallest absolute Gasteiger partial charge is 0.118 e. The molecule has 1 saturated heterocycles. The number of quaternary nitrogens is 1. The summed E-state index contributed by atoms with van der Waals surface area (Å²) in [5, 5.41) is 13.7. The van der Waals surface area contributed by atoms with E-state index >= 15 is 0 Å². The van der Waals surface area contributed by atoms with Crippen LogP contribution in [0.2, 0.25) is 0 Å². The van der Waals surface area contributed by atoms with Crippen LogP contribution in [0, 0.1) is 5.92 Å². The standard InChI is InChI=1S/C21H27NO/c1-3-10-18-20(17-13-8-5-9-14-17)22-19(15-21(18,2)23)16-11-6-4-7-12-16/h4-9,11-14,18-20,22-23H,3,10,15H2,1-2H3/p+1/t18-,19-,20-,21+/m0/s1. The molecule has 1 fully saturated rings. The number of rotatable bonds is 4. The molecule has 2 heteroatoms. The van der Waals surface area contributed by atoms with Gasteiger partial charge in [0, 0.05) is 23.5 Å². The lowest BCUT2D eigenvalue weighted by Gasteiger charge is -2.44. The summed E-state index contributed by atoms with van der Waals surface area (Å²) in [5.74, 6) is 0.287. The number of benzene rings is 2. The van der Waals surface area contributed by atoms with E-state index in [4.69, 9.17) is 0 Å². The van der Waals surface area contributed by atoms with Gasteiger partial charge in [0.2, 0.25) is 0 Å². The first-order chi connectivity index (χ1) is 11.1. The topological polar surface area (TPSA) is 36.8 Å². The second-order valence-corrected chi connectivity index (χ2v) is 7.10. The minimum Gasteiger partial charge on any atom is -0.389 e. The van der Waals surface area contributed by atoms with E-state index in [1.165, 1.54) is 11.1 Å². The molecule has 4 atom stereocenters. The Morgan fingerprint density at radius 3 is 2.13 bits per heavy atom. The molecule has 1 heterocycles. The molecule has 1 aliphatic rings. The summed E-state index contributed by atoms with van der Waals surface area (Å²) in [6.07, 6.45) is 2.98. The first-order valence-electron chi connectivity index (χ1n) is 8.79. The van der Waals surface area contributed by atoms with Crippen molar-refractivity contribution < 1.29 is 10.4 Å². The summed E-state index contributed by atoms with van der Waals surface area (Å²) in [5.41, 5.74) is 2.00. The van der Waals surface area contributed by atoms with Gasteiger partial charge in [0.15, 0.2) is 0 Å². The third-order valence-electron chi connectivity index (χ3n) is 5.32. The molecule has 2 aromatic rings. The van der Waals surface area contributed by atoms with Crippen LogP contribution in [0.5, 0.6) is 0 Å². The first-order valence-corrected chi connectivity index (χ1v) is 8.79. The highest BCUT2D eigenvalue weighted by Crippen LogP contribution is 2.40. The summed E-state index contributed by atoms with van der Waals surface area (Å²) in [7, 11) is 0. The van der Waals surface area contributed by atoms with Gasteiger partial charge in [0.1, 0.15) is 12.1 Å². The maximum absolute atomic E-state index is 11.2. The molecule has 2 nitrogen and oxygen atoms in total. The predicted octanol–water partition coefficient (Wildman–Crippen LogP) is 3.60. The van der Waals surface area contributed by atoms with Crippen LogP contribution in [0.25, 0.3) is 0 Å². The van der Waals surface area contributed by atoms with Gasteiger partial charge in [-0.3, -0.25) is 0 Å². The highest BCUT2D eigenvalue weighted by molar-refractivity contribution is 5.22. The molecule has 0 aromatic heterocycles. The molecule has 2 aromatic carbocycles. The lowest BCUT2D eigenvalue weighted by Crippen LogP contribution is -2.91. The Hall–Kier alpha value is -1.64. The quantitative estimate of drug-likeness (QED) is 0.889. The summed E-state index contributed by atoms with van der Waals surface area (Å²) in [6, 6.07) is 21.9. The van der Waals surface area contributed by atoms with Gasteiger partial charge in [-0.25, -0.2) is 0 Å². The minimum atomic E-state index is -0.633. The summed E-state index contributed by atoms with van der Waals surface area (Å²) in [4.78, 5) is 0. The molecule has 1 aliphatic heterocycles. The van der Waals surface area contributed by atoms with Gasteiger partial charge in [-0.1, -0.05) is 74.0 Å². The Kier molecular flexibility index (Phi) is 4.84. The van der Waals surface area contributed by atoms with E-state index in [0.29, 0.717) is 12.1 Å². The summed E-state index contributed by atoms with van der Waals surface area (Å²) < 4.78 is 0. The fourth-order valence-corrected chi connectivity index (χ4v) is 4.19. The Morgan fingerprint density at radius 2 is 1.57 bits per heavy atom. The number of hydrogen-bond donors (Lipinski definition) is 2. The maximum atomic E-state index is 11.2. The van der Waals surface area contributed by atoms with Crippen LogP contribution in [0.3, 0.4) is 0 Å². The average molecular weight is 310 g/mol. The lowest BCUT2D eigenvalue weighted by molar-refractivity contribution is -0.756. The number of hydrogen-bond acceptors (Lipinski definition) is 1. The molecule has 3 N–H and O–H groups in total. The predicted molar refractivity (Wildman–Crippen MR) is 93.9 cm³/mol. The molecule has 0 radical (unpaired) electrons.